The molecular formula is C41H61N5O7. The topological polar surface area (TPSA) is 146 Å². The molecule has 0 spiro atoms. The van der Waals surface area contributed by atoms with Gasteiger partial charge in [0.05, 0.1) is 19.7 Å². The van der Waals surface area contributed by atoms with Gasteiger partial charge < -0.3 is 30.3 Å². The summed E-state index contributed by atoms with van der Waals surface area (Å²) in [4.78, 5) is 70.7. The fraction of sp³-hybridized carbons (Fsp3) is 0.683. The van der Waals surface area contributed by atoms with Gasteiger partial charge in [-0.2, -0.15) is 0 Å². The van der Waals surface area contributed by atoms with Crippen molar-refractivity contribution in [3.05, 3.63) is 41.0 Å². The molecule has 1 aromatic rings. The van der Waals surface area contributed by atoms with Crippen LogP contribution in [0.3, 0.4) is 0 Å². The molecule has 5 amide bonds. The Kier molecular flexibility index (Phi) is 13.1. The van der Waals surface area contributed by atoms with E-state index in [2.05, 4.69) is 28.1 Å². The van der Waals surface area contributed by atoms with Crippen molar-refractivity contribution in [2.45, 2.75) is 131 Å². The van der Waals surface area contributed by atoms with E-state index >= 15 is 0 Å². The van der Waals surface area contributed by atoms with Crippen LogP contribution >= 0.6 is 0 Å². The van der Waals surface area contributed by atoms with E-state index in [1.165, 1.54) is 17.7 Å². The summed E-state index contributed by atoms with van der Waals surface area (Å²) in [5, 5.41) is 8.85. The third-order valence-corrected chi connectivity index (χ3v) is 11.1. The fourth-order valence-corrected chi connectivity index (χ4v) is 7.38. The average molecular weight is 736 g/mol. The maximum atomic E-state index is 14.4. The summed E-state index contributed by atoms with van der Waals surface area (Å²) < 4.78 is 11.7. The van der Waals surface area contributed by atoms with E-state index in [9.17, 15) is 24.0 Å². The maximum absolute atomic E-state index is 14.4. The Labute approximate surface area is 315 Å². The third-order valence-electron chi connectivity index (χ3n) is 11.1. The van der Waals surface area contributed by atoms with Crippen LogP contribution in [-0.4, -0.2) is 84.1 Å². The number of carbonyl (C=O) groups excluding carboxylic acids is 5. The van der Waals surface area contributed by atoms with E-state index in [1.54, 1.807) is 4.90 Å². The molecule has 2 fully saturated rings. The minimum absolute atomic E-state index is 0.00596. The monoisotopic (exact) mass is 735 g/mol. The van der Waals surface area contributed by atoms with Gasteiger partial charge in [-0.3, -0.25) is 19.3 Å². The number of benzene rings is 1. The lowest BCUT2D eigenvalue weighted by Crippen LogP contribution is -2.58. The Bertz CT molecular complexity index is 1530. The van der Waals surface area contributed by atoms with E-state index in [1.807, 2.05) is 59.7 Å². The highest BCUT2D eigenvalue weighted by Gasteiger charge is 2.47. The Hall–Kier alpha value is -4.09. The number of alkyl carbamates (subject to hydrolysis) is 1. The number of allylic oxidation sites excluding steroid dienone is 1. The summed E-state index contributed by atoms with van der Waals surface area (Å²) in [6.45, 7) is 13.7. The second-order valence-corrected chi connectivity index (χ2v) is 17.4. The van der Waals surface area contributed by atoms with Crippen LogP contribution in [-0.2, 0) is 36.9 Å². The standard InChI is InChI=1S/C41H61N5O7/c1-7-27(16-17-34(47)42-20-18-28-14-15-28)22-43-36(48)33-21-31-24-46(33)37(49)35(40(2,3)4)44-38(50)52-26-41(5,6)19-9-8-11-29-12-10-13-30-23-45(25-32(29)30)39(51)53-31/h8,10-13,27-28,31,33,35H,7,9,14-26H2,1-6H3,(H,42,47)(H,43,48)(H,44,50)/b11-8+/t27-,31-,33+,35-/m1/s1. The van der Waals surface area contributed by atoms with Gasteiger partial charge in [0, 0.05) is 32.5 Å². The summed E-state index contributed by atoms with van der Waals surface area (Å²) in [5.41, 5.74) is 2.13. The van der Waals surface area contributed by atoms with Gasteiger partial charge in [0.2, 0.25) is 17.7 Å². The van der Waals surface area contributed by atoms with Gasteiger partial charge in [0.1, 0.15) is 18.2 Å². The number of rotatable bonds is 10. The van der Waals surface area contributed by atoms with Crippen LogP contribution in [0.15, 0.2) is 24.3 Å². The highest BCUT2D eigenvalue weighted by atomic mass is 16.6. The molecule has 4 bridgehead atoms. The van der Waals surface area contributed by atoms with Crippen LogP contribution in [0.4, 0.5) is 9.59 Å². The van der Waals surface area contributed by atoms with E-state index in [0.717, 1.165) is 48.3 Å². The van der Waals surface area contributed by atoms with Gasteiger partial charge in [-0.25, -0.2) is 9.59 Å². The molecule has 292 valence electrons. The van der Waals surface area contributed by atoms with Crippen LogP contribution < -0.4 is 16.0 Å². The molecule has 53 heavy (non-hydrogen) atoms. The van der Waals surface area contributed by atoms with E-state index < -0.39 is 41.7 Å². The minimum Gasteiger partial charge on any atom is -0.449 e. The zero-order chi connectivity index (χ0) is 38.3. The Morgan fingerprint density at radius 3 is 2.58 bits per heavy atom. The molecule has 5 rings (SSSR count). The first-order valence-corrected chi connectivity index (χ1v) is 19.6. The molecule has 4 aliphatic rings. The predicted molar refractivity (Wildman–Crippen MR) is 202 cm³/mol. The van der Waals surface area contributed by atoms with E-state index in [4.69, 9.17) is 9.47 Å². The summed E-state index contributed by atoms with van der Waals surface area (Å²) in [7, 11) is 0. The van der Waals surface area contributed by atoms with Crippen molar-refractivity contribution >= 4 is 36.0 Å². The molecule has 3 N–H and O–H groups in total. The average Bonchev–Trinajstić information content (AvgIpc) is 3.65. The zero-order valence-corrected chi connectivity index (χ0v) is 32.6. The first-order chi connectivity index (χ1) is 25.1. The molecule has 4 atom stereocenters. The smallest absolute Gasteiger partial charge is 0.410 e. The normalized spacial score (nSPS) is 24.8. The van der Waals surface area contributed by atoms with Gasteiger partial charge in [-0.1, -0.05) is 91.2 Å². The second-order valence-electron chi connectivity index (χ2n) is 17.4. The van der Waals surface area contributed by atoms with Gasteiger partial charge in [0.25, 0.3) is 0 Å². The summed E-state index contributed by atoms with van der Waals surface area (Å²) in [5.74, 6) is 0.0522. The number of ether oxygens (including phenoxy) is 2. The van der Waals surface area contributed by atoms with Crippen LogP contribution in [0.5, 0.6) is 0 Å². The Morgan fingerprint density at radius 2 is 1.87 bits per heavy atom. The lowest BCUT2D eigenvalue weighted by Gasteiger charge is -2.35. The SMILES string of the molecule is CC[C@H](CCC(=O)NCCC1CC1)CNC(=O)[C@@H]1C[C@@H]2CN1C(=O)[C@H](C(C)(C)C)NC(=O)OCC(C)(C)CC/C=C/c1cccc3c1CN(C3)C(=O)O2. The van der Waals surface area contributed by atoms with Crippen molar-refractivity contribution in [2.75, 3.05) is 26.2 Å². The number of hydrogen-bond acceptors (Lipinski definition) is 7. The molecule has 3 aliphatic heterocycles. The second kappa shape index (κ2) is 17.4. The first kappa shape index (κ1) is 40.1. The molecule has 1 aromatic carbocycles. The van der Waals surface area contributed by atoms with Gasteiger partial charge in [-0.05, 0) is 65.0 Å². The van der Waals surface area contributed by atoms with Crippen molar-refractivity contribution in [1.82, 2.24) is 25.8 Å². The molecular weight excluding hydrogens is 674 g/mol. The van der Waals surface area contributed by atoms with Crippen LogP contribution in [0.2, 0.25) is 0 Å². The summed E-state index contributed by atoms with van der Waals surface area (Å²) in [6, 6.07) is 4.12. The Balaban J connectivity index is 1.32. The van der Waals surface area contributed by atoms with Crippen molar-refractivity contribution in [3.8, 4) is 0 Å². The number of hydrogen-bond donors (Lipinski definition) is 3. The van der Waals surface area contributed by atoms with Gasteiger partial charge >= 0.3 is 12.2 Å². The number of amides is 5. The van der Waals surface area contributed by atoms with Crippen LogP contribution in [0.1, 0.15) is 116 Å². The Morgan fingerprint density at radius 1 is 1.09 bits per heavy atom. The van der Waals surface area contributed by atoms with E-state index in [0.29, 0.717) is 39.0 Å². The first-order valence-electron chi connectivity index (χ1n) is 19.6. The van der Waals surface area contributed by atoms with Gasteiger partial charge in [-0.15, -0.1) is 0 Å². The largest absolute Gasteiger partial charge is 0.449 e. The molecule has 12 heteroatoms. The number of cyclic esters (lactones) is 1. The lowest BCUT2D eigenvalue weighted by atomic mass is 9.85. The molecule has 0 unspecified atom stereocenters. The number of fused-ring (bicyclic) bond motifs is 3. The zero-order valence-electron chi connectivity index (χ0n) is 32.6. The molecule has 1 aliphatic carbocycles. The summed E-state index contributed by atoms with van der Waals surface area (Å²) in [6.07, 6.45) is 9.24. The quantitative estimate of drug-likeness (QED) is 0.271. The van der Waals surface area contributed by atoms with Crippen molar-refractivity contribution in [2.24, 2.45) is 22.7 Å². The molecule has 3 heterocycles. The number of nitrogens with one attached hydrogen (secondary N) is 3. The minimum atomic E-state index is -1.01. The third kappa shape index (κ3) is 11.2. The molecule has 0 aromatic heterocycles. The van der Waals surface area contributed by atoms with E-state index in [-0.39, 0.29) is 42.7 Å². The predicted octanol–water partition coefficient (Wildman–Crippen LogP) is 5.92. The maximum Gasteiger partial charge on any atom is 0.410 e. The number of carbonyl (C=O) groups is 5. The molecule has 12 nitrogen and oxygen atoms in total. The van der Waals surface area contributed by atoms with Crippen molar-refractivity contribution in [3.63, 3.8) is 0 Å². The highest BCUT2D eigenvalue weighted by Crippen LogP contribution is 2.33. The highest BCUT2D eigenvalue weighted by molar-refractivity contribution is 5.92. The van der Waals surface area contributed by atoms with Crippen LogP contribution in [0.25, 0.3) is 6.08 Å². The molecule has 1 saturated carbocycles. The van der Waals surface area contributed by atoms with Crippen LogP contribution in [0, 0.1) is 22.7 Å². The van der Waals surface area contributed by atoms with Gasteiger partial charge in [0.15, 0.2) is 0 Å². The number of nitrogens with zero attached hydrogens (tertiary/aromatic N) is 2. The molecule has 1 saturated heterocycles. The summed E-state index contributed by atoms with van der Waals surface area (Å²) >= 11 is 0. The lowest BCUT2D eigenvalue weighted by molar-refractivity contribution is -0.142. The van der Waals surface area contributed by atoms with Crippen molar-refractivity contribution < 1.29 is 33.4 Å². The molecule has 0 radical (unpaired) electrons. The van der Waals surface area contributed by atoms with Crippen molar-refractivity contribution in [1.29, 1.82) is 0 Å². The fourth-order valence-electron chi connectivity index (χ4n) is 7.38.